The zero-order valence-electron chi connectivity index (χ0n) is 10.1. The molecule has 0 fully saturated rings. The van der Waals surface area contributed by atoms with Gasteiger partial charge in [0, 0.05) is 5.69 Å². The Bertz CT molecular complexity index is 445. The Kier molecular flexibility index (Phi) is 3.40. The highest BCUT2D eigenvalue weighted by atomic mass is 16.6. The van der Waals surface area contributed by atoms with Crippen molar-refractivity contribution in [2.45, 2.75) is 33.3 Å². The number of H-pyrrole nitrogens is 1. The largest absolute Gasteiger partial charge is 0.465 e. The number of nitrogens with zero attached hydrogens (tertiary/aromatic N) is 1. The number of rotatable bonds is 2. The number of carboxylic acid groups (broad SMARTS) is 1. The van der Waals surface area contributed by atoms with Crippen LogP contribution in [0.5, 0.6) is 0 Å². The van der Waals surface area contributed by atoms with E-state index in [2.05, 4.69) is 10.2 Å². The van der Waals surface area contributed by atoms with Gasteiger partial charge in [0.1, 0.15) is 11.2 Å². The van der Waals surface area contributed by atoms with Crippen LogP contribution in [0, 0.1) is 6.92 Å². The molecule has 17 heavy (non-hydrogen) atoms. The molecule has 1 amide bonds. The maximum Gasteiger partial charge on any atom is 0.410 e. The van der Waals surface area contributed by atoms with Crippen LogP contribution in [-0.2, 0) is 4.74 Å². The second-order valence-corrected chi connectivity index (χ2v) is 4.50. The number of aromatic amines is 1. The van der Waals surface area contributed by atoms with Crippen LogP contribution in [0.3, 0.4) is 0 Å². The number of amides is 1. The maximum absolute atomic E-state index is 11.8. The van der Waals surface area contributed by atoms with Gasteiger partial charge >= 0.3 is 12.1 Å². The van der Waals surface area contributed by atoms with Crippen LogP contribution < -0.4 is 5.32 Å². The number of aromatic nitrogens is 2. The molecular weight excluding hydrogens is 226 g/mol. The predicted octanol–water partition coefficient (Wildman–Crippen LogP) is 1.76. The minimum atomic E-state index is -1.29. The smallest absolute Gasteiger partial charge is 0.410 e. The summed E-state index contributed by atoms with van der Waals surface area (Å²) in [7, 11) is 0. The van der Waals surface area contributed by atoms with E-state index in [0.717, 1.165) is 0 Å². The molecule has 0 spiro atoms. The molecule has 7 heteroatoms. The summed E-state index contributed by atoms with van der Waals surface area (Å²) >= 11 is 0. The van der Waals surface area contributed by atoms with Gasteiger partial charge in [-0.3, -0.25) is 10.4 Å². The number of ether oxygens (including phenoxy) is 1. The molecule has 3 N–H and O–H groups in total. The molecule has 0 unspecified atom stereocenters. The fourth-order valence-electron chi connectivity index (χ4n) is 1.20. The summed E-state index contributed by atoms with van der Waals surface area (Å²) in [6.45, 7) is 6.79. The number of hydrogen-bond donors (Lipinski definition) is 3. The van der Waals surface area contributed by atoms with Gasteiger partial charge in [0.25, 0.3) is 0 Å². The van der Waals surface area contributed by atoms with E-state index in [1.807, 2.05) is 5.32 Å². The number of carbonyl (C=O) groups is 2. The molecule has 0 bridgehead atoms. The molecule has 1 heterocycles. The van der Waals surface area contributed by atoms with E-state index in [1.54, 1.807) is 27.7 Å². The van der Waals surface area contributed by atoms with Crippen molar-refractivity contribution < 1.29 is 19.4 Å². The SMILES string of the molecule is Cc1[nH]nc(NC(=O)O)c1C(=O)OC(C)(C)C. The fourth-order valence-corrected chi connectivity index (χ4v) is 1.20. The van der Waals surface area contributed by atoms with Gasteiger partial charge in [0.2, 0.25) is 0 Å². The van der Waals surface area contributed by atoms with Crippen LogP contribution in [0.2, 0.25) is 0 Å². The molecule has 94 valence electrons. The lowest BCUT2D eigenvalue weighted by atomic mass is 10.2. The van der Waals surface area contributed by atoms with Gasteiger partial charge in [-0.2, -0.15) is 5.10 Å². The summed E-state index contributed by atoms with van der Waals surface area (Å²) in [5, 5.41) is 16.9. The summed E-state index contributed by atoms with van der Waals surface area (Å²) in [5.74, 6) is -0.670. The van der Waals surface area contributed by atoms with Crippen LogP contribution in [-0.4, -0.2) is 33.0 Å². The summed E-state index contributed by atoms with van der Waals surface area (Å²) in [5.41, 5.74) is -0.105. The number of hydrogen-bond acceptors (Lipinski definition) is 4. The number of carbonyl (C=O) groups excluding carboxylic acids is 1. The molecule has 0 saturated carbocycles. The first-order chi connectivity index (χ1) is 7.70. The van der Waals surface area contributed by atoms with E-state index in [0.29, 0.717) is 5.69 Å². The first kappa shape index (κ1) is 13.0. The molecule has 0 aliphatic rings. The lowest BCUT2D eigenvalue weighted by Gasteiger charge is -2.19. The first-order valence-electron chi connectivity index (χ1n) is 4.99. The Hall–Kier alpha value is -2.05. The third kappa shape index (κ3) is 3.47. The molecule has 0 radical (unpaired) electrons. The summed E-state index contributed by atoms with van der Waals surface area (Å²) in [4.78, 5) is 22.4. The van der Waals surface area contributed by atoms with Crippen LogP contribution in [0.15, 0.2) is 0 Å². The van der Waals surface area contributed by atoms with E-state index in [-0.39, 0.29) is 11.4 Å². The van der Waals surface area contributed by atoms with E-state index >= 15 is 0 Å². The van der Waals surface area contributed by atoms with Crippen molar-refractivity contribution in [3.63, 3.8) is 0 Å². The van der Waals surface area contributed by atoms with Crippen LogP contribution in [0.1, 0.15) is 36.8 Å². The minimum Gasteiger partial charge on any atom is -0.465 e. The highest BCUT2D eigenvalue weighted by Gasteiger charge is 2.25. The Morgan fingerprint density at radius 1 is 1.41 bits per heavy atom. The summed E-state index contributed by atoms with van der Waals surface area (Å²) < 4.78 is 5.15. The van der Waals surface area contributed by atoms with Crippen molar-refractivity contribution in [3.8, 4) is 0 Å². The fraction of sp³-hybridized carbons (Fsp3) is 0.500. The van der Waals surface area contributed by atoms with Crippen molar-refractivity contribution in [1.82, 2.24) is 10.2 Å². The van der Waals surface area contributed by atoms with Gasteiger partial charge < -0.3 is 9.84 Å². The van der Waals surface area contributed by atoms with Crippen LogP contribution >= 0.6 is 0 Å². The number of anilines is 1. The number of nitrogens with one attached hydrogen (secondary N) is 2. The van der Waals surface area contributed by atoms with Gasteiger partial charge in [-0.05, 0) is 27.7 Å². The number of aryl methyl sites for hydroxylation is 1. The normalized spacial score (nSPS) is 11.1. The first-order valence-corrected chi connectivity index (χ1v) is 4.99. The van der Waals surface area contributed by atoms with Gasteiger partial charge in [-0.25, -0.2) is 9.59 Å². The monoisotopic (exact) mass is 241 g/mol. The van der Waals surface area contributed by atoms with E-state index in [4.69, 9.17) is 9.84 Å². The molecule has 0 atom stereocenters. The van der Waals surface area contributed by atoms with Crippen LogP contribution in [0.25, 0.3) is 0 Å². The Balaban J connectivity index is 3.00. The zero-order chi connectivity index (χ0) is 13.2. The molecule has 0 saturated heterocycles. The second-order valence-electron chi connectivity index (χ2n) is 4.50. The third-order valence-electron chi connectivity index (χ3n) is 1.78. The van der Waals surface area contributed by atoms with E-state index in [9.17, 15) is 9.59 Å². The molecule has 0 aliphatic heterocycles. The molecule has 1 rings (SSSR count). The van der Waals surface area contributed by atoms with Gasteiger partial charge in [-0.1, -0.05) is 0 Å². The second kappa shape index (κ2) is 4.44. The molecule has 1 aromatic heterocycles. The quantitative estimate of drug-likeness (QED) is 0.684. The van der Waals surface area contributed by atoms with Crippen molar-refractivity contribution in [3.05, 3.63) is 11.3 Å². The average molecular weight is 241 g/mol. The lowest BCUT2D eigenvalue weighted by Crippen LogP contribution is -2.25. The van der Waals surface area contributed by atoms with Gasteiger partial charge in [0.15, 0.2) is 5.82 Å². The maximum atomic E-state index is 11.8. The van der Waals surface area contributed by atoms with Crippen molar-refractivity contribution in [1.29, 1.82) is 0 Å². The average Bonchev–Trinajstić information content (AvgIpc) is 2.42. The summed E-state index contributed by atoms with van der Waals surface area (Å²) in [6, 6.07) is 0. The predicted molar refractivity (Wildman–Crippen MR) is 60.1 cm³/mol. The topological polar surface area (TPSA) is 104 Å². The molecule has 0 aromatic carbocycles. The van der Waals surface area contributed by atoms with Crippen molar-refractivity contribution in [2.75, 3.05) is 5.32 Å². The lowest BCUT2D eigenvalue weighted by molar-refractivity contribution is 0.00701. The van der Waals surface area contributed by atoms with Crippen molar-refractivity contribution in [2.24, 2.45) is 0 Å². The Morgan fingerprint density at radius 2 is 2.00 bits per heavy atom. The Morgan fingerprint density at radius 3 is 2.47 bits per heavy atom. The van der Waals surface area contributed by atoms with Crippen molar-refractivity contribution >= 4 is 17.9 Å². The highest BCUT2D eigenvalue weighted by Crippen LogP contribution is 2.20. The zero-order valence-corrected chi connectivity index (χ0v) is 10.1. The number of esters is 1. The summed E-state index contributed by atoms with van der Waals surface area (Å²) in [6.07, 6.45) is -1.29. The van der Waals surface area contributed by atoms with Gasteiger partial charge in [-0.15, -0.1) is 0 Å². The Labute approximate surface area is 98.2 Å². The minimum absolute atomic E-state index is 0.0516. The molecule has 7 nitrogen and oxygen atoms in total. The van der Waals surface area contributed by atoms with E-state index in [1.165, 1.54) is 0 Å². The molecular formula is C10H15N3O4. The molecule has 1 aromatic rings. The van der Waals surface area contributed by atoms with E-state index < -0.39 is 17.7 Å². The van der Waals surface area contributed by atoms with Gasteiger partial charge in [0.05, 0.1) is 0 Å². The molecule has 0 aliphatic carbocycles. The standard InChI is InChI=1S/C10H15N3O4/c1-5-6(8(14)17-10(2,3)4)7(13-12-5)11-9(15)16/h1-4H3,(H,15,16)(H2,11,12,13). The van der Waals surface area contributed by atoms with Crippen LogP contribution in [0.4, 0.5) is 10.6 Å². The third-order valence-corrected chi connectivity index (χ3v) is 1.78. The highest BCUT2D eigenvalue weighted by molar-refractivity contribution is 5.99.